The van der Waals surface area contributed by atoms with Crippen molar-refractivity contribution in [2.45, 2.75) is 32.0 Å². The summed E-state index contributed by atoms with van der Waals surface area (Å²) in [5, 5.41) is 6.98. The van der Waals surface area contributed by atoms with E-state index in [0.29, 0.717) is 13.0 Å². The van der Waals surface area contributed by atoms with Gasteiger partial charge in [-0.3, -0.25) is 19.9 Å². The Bertz CT molecular complexity index is 767. The molecule has 1 aliphatic heterocycles. The molecule has 6 heteroatoms. The van der Waals surface area contributed by atoms with E-state index in [9.17, 15) is 9.59 Å². The molecule has 1 N–H and O–H groups in total. The Morgan fingerprint density at radius 1 is 1.11 bits per heavy atom. The minimum Gasteiger partial charge on any atom is -0.468 e. The molecule has 1 fully saturated rings. The van der Waals surface area contributed by atoms with Crippen molar-refractivity contribution in [1.29, 1.82) is 0 Å². The largest absolute Gasteiger partial charge is 0.468 e. The number of benzene rings is 2. The molecule has 0 saturated carbocycles. The molecular formula is C21H25N3O3. The van der Waals surface area contributed by atoms with E-state index >= 15 is 0 Å². The second-order valence-electron chi connectivity index (χ2n) is 6.56. The molecule has 1 amide bonds. The number of hydrogen-bond acceptors (Lipinski definition) is 5. The summed E-state index contributed by atoms with van der Waals surface area (Å²) in [5.41, 5.74) is 1.99. The highest BCUT2D eigenvalue weighted by Gasteiger charge is 2.36. The predicted octanol–water partition coefficient (Wildman–Crippen LogP) is 2.36. The number of anilines is 1. The van der Waals surface area contributed by atoms with Crippen LogP contribution in [0.15, 0.2) is 60.7 Å². The van der Waals surface area contributed by atoms with Crippen molar-refractivity contribution in [3.63, 3.8) is 0 Å². The van der Waals surface area contributed by atoms with Gasteiger partial charge in [0.05, 0.1) is 12.8 Å². The summed E-state index contributed by atoms with van der Waals surface area (Å²) in [6.07, 6.45) is 0.952. The van der Waals surface area contributed by atoms with Crippen LogP contribution >= 0.6 is 0 Å². The second kappa shape index (κ2) is 8.68. The fraction of sp³-hybridized carbons (Fsp3) is 0.333. The van der Waals surface area contributed by atoms with Crippen LogP contribution in [0, 0.1) is 0 Å². The van der Waals surface area contributed by atoms with Crippen molar-refractivity contribution in [3.8, 4) is 0 Å². The van der Waals surface area contributed by atoms with E-state index in [1.165, 1.54) is 7.11 Å². The number of nitrogens with one attached hydrogen (secondary N) is 1. The lowest BCUT2D eigenvalue weighted by molar-refractivity contribution is -0.144. The summed E-state index contributed by atoms with van der Waals surface area (Å²) in [6.45, 7) is 2.24. The second-order valence-corrected chi connectivity index (χ2v) is 6.56. The molecule has 0 aromatic heterocycles. The molecule has 142 valence electrons. The van der Waals surface area contributed by atoms with Crippen molar-refractivity contribution < 1.29 is 14.3 Å². The highest BCUT2D eigenvalue weighted by Crippen LogP contribution is 2.25. The van der Waals surface area contributed by atoms with Gasteiger partial charge in [-0.25, -0.2) is 5.01 Å². The first kappa shape index (κ1) is 18.9. The summed E-state index contributed by atoms with van der Waals surface area (Å²) in [4.78, 5) is 24.7. The third-order valence-electron chi connectivity index (χ3n) is 4.71. The number of esters is 1. The minimum absolute atomic E-state index is 0.0721. The van der Waals surface area contributed by atoms with Gasteiger partial charge in [-0.15, -0.1) is 0 Å². The monoisotopic (exact) mass is 367 g/mol. The number of para-hydroxylation sites is 1. The number of hydrazine groups is 1. The van der Waals surface area contributed by atoms with Crippen LogP contribution in [0.3, 0.4) is 0 Å². The summed E-state index contributed by atoms with van der Waals surface area (Å²) in [7, 11) is 1.38. The number of amides is 1. The van der Waals surface area contributed by atoms with Crippen molar-refractivity contribution in [2.75, 3.05) is 18.7 Å². The number of methoxy groups -OCH3 is 1. The maximum atomic E-state index is 12.3. The average Bonchev–Trinajstić information content (AvgIpc) is 3.12. The Balaban J connectivity index is 1.78. The summed E-state index contributed by atoms with van der Waals surface area (Å²) in [5.74, 6) is -0.405. The molecule has 2 aromatic rings. The highest BCUT2D eigenvalue weighted by molar-refractivity contribution is 5.78. The van der Waals surface area contributed by atoms with E-state index < -0.39 is 6.04 Å². The predicted molar refractivity (Wildman–Crippen MR) is 104 cm³/mol. The van der Waals surface area contributed by atoms with Crippen molar-refractivity contribution in [1.82, 2.24) is 10.3 Å². The molecule has 6 nitrogen and oxygen atoms in total. The van der Waals surface area contributed by atoms with Crippen molar-refractivity contribution in [2.24, 2.45) is 0 Å². The van der Waals surface area contributed by atoms with Gasteiger partial charge in [0.1, 0.15) is 12.2 Å². The molecule has 27 heavy (non-hydrogen) atoms. The Labute approximate surface area is 159 Å². The van der Waals surface area contributed by atoms with Crippen LogP contribution in [0.5, 0.6) is 0 Å². The number of carbonyl (C=O) groups excluding carboxylic acids is 2. The Morgan fingerprint density at radius 3 is 2.33 bits per heavy atom. The van der Waals surface area contributed by atoms with Crippen LogP contribution in [0.2, 0.25) is 0 Å². The van der Waals surface area contributed by atoms with Crippen molar-refractivity contribution in [3.05, 3.63) is 66.2 Å². The number of ether oxygens (including phenoxy) is 1. The molecule has 0 spiro atoms. The van der Waals surface area contributed by atoms with E-state index in [2.05, 4.69) is 5.32 Å². The van der Waals surface area contributed by atoms with Gasteiger partial charge in [-0.05, 0) is 24.1 Å². The Hall–Kier alpha value is -2.86. The minimum atomic E-state index is -0.528. The van der Waals surface area contributed by atoms with Gasteiger partial charge in [-0.2, -0.15) is 0 Å². The van der Waals surface area contributed by atoms with Gasteiger partial charge in [0.15, 0.2) is 0 Å². The number of nitrogens with zero attached hydrogens (tertiary/aromatic N) is 2. The quantitative estimate of drug-likeness (QED) is 0.794. The molecule has 3 rings (SSSR count). The van der Waals surface area contributed by atoms with Crippen LogP contribution in [0.4, 0.5) is 5.69 Å². The molecule has 2 unspecified atom stereocenters. The third-order valence-corrected chi connectivity index (χ3v) is 4.71. The molecule has 0 radical (unpaired) electrons. The van der Waals surface area contributed by atoms with Crippen LogP contribution in [-0.2, 0) is 20.7 Å². The van der Waals surface area contributed by atoms with E-state index in [4.69, 9.17) is 4.74 Å². The van der Waals surface area contributed by atoms with Crippen LogP contribution in [0.1, 0.15) is 18.9 Å². The zero-order valence-electron chi connectivity index (χ0n) is 15.7. The first-order chi connectivity index (χ1) is 13.1. The highest BCUT2D eigenvalue weighted by atomic mass is 16.5. The maximum absolute atomic E-state index is 12.3. The lowest BCUT2D eigenvalue weighted by Crippen LogP contribution is -2.55. The van der Waals surface area contributed by atoms with Gasteiger partial charge in [0, 0.05) is 19.9 Å². The van der Waals surface area contributed by atoms with Crippen LogP contribution in [-0.4, -0.2) is 42.7 Å². The van der Waals surface area contributed by atoms with E-state index in [0.717, 1.165) is 17.7 Å². The standard InChI is InChI=1S/C21H25N3O3/c1-16(25)24-20(13-14-23(24)18-11-7-4-8-12-18)22-19(21(26)27-2)15-17-9-5-3-6-10-17/h3-12,19-20,22H,13-15H2,1-2H3. The van der Waals surface area contributed by atoms with E-state index in [-0.39, 0.29) is 18.0 Å². The Kier molecular flexibility index (Phi) is 6.08. The van der Waals surface area contributed by atoms with Crippen molar-refractivity contribution >= 4 is 17.6 Å². The van der Waals surface area contributed by atoms with Gasteiger partial charge in [0.25, 0.3) is 0 Å². The summed E-state index contributed by atoms with van der Waals surface area (Å²) < 4.78 is 4.98. The zero-order chi connectivity index (χ0) is 19.2. The fourth-order valence-corrected chi connectivity index (χ4v) is 3.47. The van der Waals surface area contributed by atoms with E-state index in [1.807, 2.05) is 65.7 Å². The molecule has 0 bridgehead atoms. The first-order valence-corrected chi connectivity index (χ1v) is 9.10. The maximum Gasteiger partial charge on any atom is 0.323 e. The topological polar surface area (TPSA) is 61.9 Å². The molecule has 1 aliphatic rings. The van der Waals surface area contributed by atoms with Crippen LogP contribution in [0.25, 0.3) is 0 Å². The lowest BCUT2D eigenvalue weighted by atomic mass is 10.1. The van der Waals surface area contributed by atoms with Crippen LogP contribution < -0.4 is 10.3 Å². The molecular weight excluding hydrogens is 342 g/mol. The lowest BCUT2D eigenvalue weighted by Gasteiger charge is -2.34. The number of hydrogen-bond donors (Lipinski definition) is 1. The van der Waals surface area contributed by atoms with Gasteiger partial charge in [0.2, 0.25) is 5.91 Å². The average molecular weight is 367 g/mol. The molecule has 2 aromatic carbocycles. The summed E-state index contributed by atoms with van der Waals surface area (Å²) in [6, 6.07) is 19.0. The normalized spacial score (nSPS) is 17.6. The number of carbonyl (C=O) groups is 2. The molecule has 1 saturated heterocycles. The fourth-order valence-electron chi connectivity index (χ4n) is 3.47. The Morgan fingerprint density at radius 2 is 1.74 bits per heavy atom. The molecule has 1 heterocycles. The van der Waals surface area contributed by atoms with Gasteiger partial charge >= 0.3 is 5.97 Å². The zero-order valence-corrected chi connectivity index (χ0v) is 15.7. The SMILES string of the molecule is COC(=O)C(Cc1ccccc1)NC1CCN(c2ccccc2)N1C(C)=O. The third kappa shape index (κ3) is 4.46. The van der Waals surface area contributed by atoms with Gasteiger partial charge < -0.3 is 4.74 Å². The van der Waals surface area contributed by atoms with E-state index in [1.54, 1.807) is 11.9 Å². The summed E-state index contributed by atoms with van der Waals surface area (Å²) >= 11 is 0. The van der Waals surface area contributed by atoms with Gasteiger partial charge in [-0.1, -0.05) is 48.5 Å². The smallest absolute Gasteiger partial charge is 0.323 e. The molecule has 2 atom stereocenters. The molecule has 0 aliphatic carbocycles. The number of rotatable bonds is 6. The first-order valence-electron chi connectivity index (χ1n) is 9.10.